The number of rotatable bonds is 7. The molecule has 0 aromatic heterocycles. The Kier molecular flexibility index (Phi) is 6.19. The molecule has 0 spiro atoms. The zero-order chi connectivity index (χ0) is 21.0. The first-order valence-corrected chi connectivity index (χ1v) is 9.23. The molecular weight excluding hydrogens is 396 g/mol. The lowest BCUT2D eigenvalue weighted by Gasteiger charge is -2.13. The van der Waals surface area contributed by atoms with E-state index in [0.717, 1.165) is 0 Å². The highest BCUT2D eigenvalue weighted by atomic mass is 35.5. The SMILES string of the molecule is CCOc1cc(/C=C2/C(=O)N(c3ccc(Cl)cc3)N=C2C)ccc1OCC(=O)[O-]. The molecule has 1 amide bonds. The van der Waals surface area contributed by atoms with Crippen molar-refractivity contribution in [3.05, 3.63) is 58.6 Å². The van der Waals surface area contributed by atoms with Crippen molar-refractivity contribution in [3.8, 4) is 11.5 Å². The quantitative estimate of drug-likeness (QED) is 0.651. The lowest BCUT2D eigenvalue weighted by atomic mass is 10.1. The number of halogens is 1. The zero-order valence-electron chi connectivity index (χ0n) is 15.8. The van der Waals surface area contributed by atoms with Crippen molar-refractivity contribution in [1.82, 2.24) is 0 Å². The highest BCUT2D eigenvalue weighted by Gasteiger charge is 2.28. The number of hydrazone groups is 1. The van der Waals surface area contributed by atoms with Crippen molar-refractivity contribution in [1.29, 1.82) is 0 Å². The van der Waals surface area contributed by atoms with Crippen LogP contribution < -0.4 is 19.6 Å². The third kappa shape index (κ3) is 4.75. The number of anilines is 1. The second-order valence-electron chi connectivity index (χ2n) is 6.14. The maximum absolute atomic E-state index is 12.8. The summed E-state index contributed by atoms with van der Waals surface area (Å²) in [5.74, 6) is -0.939. The topological polar surface area (TPSA) is 91.3 Å². The fourth-order valence-corrected chi connectivity index (χ4v) is 2.87. The largest absolute Gasteiger partial charge is 0.546 e. The van der Waals surface area contributed by atoms with Gasteiger partial charge in [-0.3, -0.25) is 4.79 Å². The summed E-state index contributed by atoms with van der Waals surface area (Å²) < 4.78 is 10.7. The van der Waals surface area contributed by atoms with E-state index in [-0.39, 0.29) is 11.7 Å². The Morgan fingerprint density at radius 2 is 1.90 bits per heavy atom. The van der Waals surface area contributed by atoms with Gasteiger partial charge in [0, 0.05) is 5.02 Å². The van der Waals surface area contributed by atoms with E-state index >= 15 is 0 Å². The average Bonchev–Trinajstić information content (AvgIpc) is 2.96. The molecule has 2 aromatic rings. The number of carbonyl (C=O) groups is 2. The molecule has 3 rings (SSSR count). The number of benzene rings is 2. The van der Waals surface area contributed by atoms with Crippen LogP contribution in [0.15, 0.2) is 53.1 Å². The minimum absolute atomic E-state index is 0.264. The number of carboxylic acid groups (broad SMARTS) is 1. The van der Waals surface area contributed by atoms with Gasteiger partial charge in [-0.15, -0.1) is 0 Å². The monoisotopic (exact) mass is 413 g/mol. The standard InChI is InChI=1S/C21H19ClN2O5/c1-3-28-19-11-14(4-9-18(19)29-12-20(25)26)10-17-13(2)23-24(21(17)27)16-7-5-15(22)6-8-16/h4-11H,3,12H2,1-2H3,(H,25,26)/p-1/b17-10+. The van der Waals surface area contributed by atoms with Gasteiger partial charge < -0.3 is 19.4 Å². The van der Waals surface area contributed by atoms with Crippen molar-refractivity contribution in [3.63, 3.8) is 0 Å². The van der Waals surface area contributed by atoms with Crippen LogP contribution in [0.5, 0.6) is 11.5 Å². The van der Waals surface area contributed by atoms with E-state index in [1.54, 1.807) is 62.4 Å². The van der Waals surface area contributed by atoms with Crippen LogP contribution >= 0.6 is 11.6 Å². The van der Waals surface area contributed by atoms with Crippen LogP contribution in [0.1, 0.15) is 19.4 Å². The van der Waals surface area contributed by atoms with Crippen LogP contribution in [0.2, 0.25) is 5.02 Å². The molecule has 0 radical (unpaired) electrons. The third-order valence-electron chi connectivity index (χ3n) is 4.06. The molecule has 1 heterocycles. The van der Waals surface area contributed by atoms with E-state index in [9.17, 15) is 14.7 Å². The highest BCUT2D eigenvalue weighted by Crippen LogP contribution is 2.31. The number of aliphatic carboxylic acids is 1. The molecule has 150 valence electrons. The Balaban J connectivity index is 1.88. The Morgan fingerprint density at radius 3 is 2.55 bits per heavy atom. The fourth-order valence-electron chi connectivity index (χ4n) is 2.75. The van der Waals surface area contributed by atoms with Crippen molar-refractivity contribution >= 4 is 41.0 Å². The summed E-state index contributed by atoms with van der Waals surface area (Å²) in [7, 11) is 0. The van der Waals surface area contributed by atoms with E-state index in [4.69, 9.17) is 21.1 Å². The third-order valence-corrected chi connectivity index (χ3v) is 4.31. The number of amides is 1. The number of carboxylic acids is 1. The van der Waals surface area contributed by atoms with Crippen LogP contribution in [0.25, 0.3) is 6.08 Å². The van der Waals surface area contributed by atoms with E-state index in [1.807, 2.05) is 0 Å². The number of nitrogens with zero attached hydrogens (tertiary/aromatic N) is 2. The number of carbonyl (C=O) groups excluding carboxylic acids is 2. The van der Waals surface area contributed by atoms with Gasteiger partial charge in [-0.1, -0.05) is 17.7 Å². The molecule has 0 unspecified atom stereocenters. The number of hydrogen-bond donors (Lipinski definition) is 0. The molecule has 0 N–H and O–H groups in total. The molecule has 7 nitrogen and oxygen atoms in total. The van der Waals surface area contributed by atoms with Gasteiger partial charge in [0.1, 0.15) is 6.61 Å². The molecule has 29 heavy (non-hydrogen) atoms. The Hall–Kier alpha value is -3.32. The van der Waals surface area contributed by atoms with Gasteiger partial charge in [-0.25, -0.2) is 0 Å². The van der Waals surface area contributed by atoms with E-state index < -0.39 is 12.6 Å². The van der Waals surface area contributed by atoms with Gasteiger partial charge in [0.25, 0.3) is 5.91 Å². The van der Waals surface area contributed by atoms with Gasteiger partial charge >= 0.3 is 0 Å². The highest BCUT2D eigenvalue weighted by molar-refractivity contribution is 6.32. The zero-order valence-corrected chi connectivity index (χ0v) is 16.6. The molecule has 2 aromatic carbocycles. The lowest BCUT2D eigenvalue weighted by molar-refractivity contribution is -0.307. The van der Waals surface area contributed by atoms with Gasteiger partial charge in [0.15, 0.2) is 11.5 Å². The average molecular weight is 414 g/mol. The summed E-state index contributed by atoms with van der Waals surface area (Å²) in [5, 5.41) is 16.8. The molecule has 0 atom stereocenters. The predicted octanol–water partition coefficient (Wildman–Crippen LogP) is 2.67. The Labute approximate surface area is 172 Å². The minimum atomic E-state index is -1.33. The molecule has 0 bridgehead atoms. The van der Waals surface area contributed by atoms with Gasteiger partial charge in [-0.2, -0.15) is 10.1 Å². The van der Waals surface area contributed by atoms with Crippen LogP contribution in [0.3, 0.4) is 0 Å². The van der Waals surface area contributed by atoms with Crippen LogP contribution in [-0.2, 0) is 9.59 Å². The smallest absolute Gasteiger partial charge is 0.280 e. The Morgan fingerprint density at radius 1 is 1.17 bits per heavy atom. The molecule has 0 saturated heterocycles. The van der Waals surface area contributed by atoms with Crippen LogP contribution in [0.4, 0.5) is 5.69 Å². The van der Waals surface area contributed by atoms with E-state index in [0.29, 0.717) is 39.9 Å². The molecule has 0 saturated carbocycles. The summed E-state index contributed by atoms with van der Waals surface area (Å²) in [6.45, 7) is 3.34. The lowest BCUT2D eigenvalue weighted by Crippen LogP contribution is -2.29. The van der Waals surface area contributed by atoms with Crippen molar-refractivity contribution in [2.75, 3.05) is 18.2 Å². The van der Waals surface area contributed by atoms with Crippen molar-refractivity contribution in [2.24, 2.45) is 5.10 Å². The van der Waals surface area contributed by atoms with Crippen LogP contribution in [0, 0.1) is 0 Å². The first-order valence-electron chi connectivity index (χ1n) is 8.86. The first-order chi connectivity index (χ1) is 13.9. The fraction of sp³-hybridized carbons (Fsp3) is 0.190. The molecule has 0 fully saturated rings. The maximum atomic E-state index is 12.8. The van der Waals surface area contributed by atoms with Crippen molar-refractivity contribution < 1.29 is 24.2 Å². The predicted molar refractivity (Wildman–Crippen MR) is 108 cm³/mol. The number of hydrogen-bond acceptors (Lipinski definition) is 6. The second-order valence-corrected chi connectivity index (χ2v) is 6.57. The summed E-state index contributed by atoms with van der Waals surface area (Å²) in [5.41, 5.74) is 2.30. The second kappa shape index (κ2) is 8.79. The van der Waals surface area contributed by atoms with Gasteiger partial charge in [-0.05, 0) is 61.9 Å². The number of ether oxygens (including phenoxy) is 2. The van der Waals surface area contributed by atoms with E-state index in [2.05, 4.69) is 5.10 Å². The van der Waals surface area contributed by atoms with Gasteiger partial charge in [0.05, 0.1) is 29.5 Å². The van der Waals surface area contributed by atoms with E-state index in [1.165, 1.54) is 5.01 Å². The van der Waals surface area contributed by atoms with Crippen molar-refractivity contribution in [2.45, 2.75) is 13.8 Å². The minimum Gasteiger partial charge on any atom is -0.546 e. The summed E-state index contributed by atoms with van der Waals surface area (Å²) in [4.78, 5) is 23.5. The van der Waals surface area contributed by atoms with Crippen LogP contribution in [-0.4, -0.2) is 30.8 Å². The molecular formula is C21H18ClN2O5-. The maximum Gasteiger partial charge on any atom is 0.280 e. The molecule has 8 heteroatoms. The summed E-state index contributed by atoms with van der Waals surface area (Å²) in [6, 6.07) is 11.8. The molecule has 1 aliphatic rings. The summed E-state index contributed by atoms with van der Waals surface area (Å²) in [6.07, 6.45) is 1.70. The van der Waals surface area contributed by atoms with Gasteiger partial charge in [0.2, 0.25) is 0 Å². The Bertz CT molecular complexity index is 999. The molecule has 0 aliphatic carbocycles. The first kappa shape index (κ1) is 20.4. The summed E-state index contributed by atoms with van der Waals surface area (Å²) >= 11 is 5.90. The molecule has 1 aliphatic heterocycles. The normalized spacial score (nSPS) is 14.9.